The normalized spacial score (nSPS) is 30.9. The van der Waals surface area contributed by atoms with Gasteiger partial charge in [-0.25, -0.2) is 4.68 Å². The molecule has 6 rings (SSSR count). The second kappa shape index (κ2) is 6.99. The molecule has 0 atom stereocenters. The molecule has 4 saturated carbocycles. The summed E-state index contributed by atoms with van der Waals surface area (Å²) < 4.78 is 10.3. The Morgan fingerprint density at radius 3 is 2.39 bits per heavy atom. The standard InChI is InChI=1S/C22H30N4OS/c1-24(20-16-9-14-8-15(11-16)12-17(20)10-14)13-26-22(28)25(2)21(23-26)18-6-4-5-7-19(18)27-3/h4-7,14-17,20H,8-13H2,1-3H3. The molecule has 1 aromatic heterocycles. The van der Waals surface area contributed by atoms with Crippen LogP contribution in [-0.4, -0.2) is 39.4 Å². The van der Waals surface area contributed by atoms with Crippen molar-refractivity contribution in [1.82, 2.24) is 19.2 Å². The summed E-state index contributed by atoms with van der Waals surface area (Å²) in [5.41, 5.74) is 0.981. The molecule has 4 fully saturated rings. The van der Waals surface area contributed by atoms with Crippen LogP contribution in [0.1, 0.15) is 32.1 Å². The molecule has 1 heterocycles. The smallest absolute Gasteiger partial charge is 0.199 e. The monoisotopic (exact) mass is 398 g/mol. The Labute approximate surface area is 172 Å². The van der Waals surface area contributed by atoms with Crippen LogP contribution in [0.15, 0.2) is 24.3 Å². The fourth-order valence-corrected chi connectivity index (χ4v) is 6.75. The molecule has 5 nitrogen and oxygen atoms in total. The minimum absolute atomic E-state index is 0.686. The molecular formula is C22H30N4OS. The molecule has 1 aromatic carbocycles. The maximum atomic E-state index is 5.74. The first kappa shape index (κ1) is 18.4. The van der Waals surface area contributed by atoms with Crippen LogP contribution >= 0.6 is 12.2 Å². The third-order valence-electron chi connectivity index (χ3n) is 7.43. The van der Waals surface area contributed by atoms with E-state index in [1.54, 1.807) is 7.11 Å². The molecule has 4 aliphatic carbocycles. The van der Waals surface area contributed by atoms with Gasteiger partial charge in [0, 0.05) is 13.1 Å². The average Bonchev–Trinajstić information content (AvgIpc) is 2.95. The summed E-state index contributed by atoms with van der Waals surface area (Å²) in [6.07, 6.45) is 7.23. The number of rotatable bonds is 5. The van der Waals surface area contributed by atoms with Crippen molar-refractivity contribution in [2.45, 2.75) is 44.8 Å². The predicted molar refractivity (Wildman–Crippen MR) is 113 cm³/mol. The number of ether oxygens (including phenoxy) is 1. The zero-order chi connectivity index (χ0) is 19.4. The maximum absolute atomic E-state index is 5.74. The minimum atomic E-state index is 0.686. The van der Waals surface area contributed by atoms with E-state index < -0.39 is 0 Å². The zero-order valence-electron chi connectivity index (χ0n) is 17.0. The van der Waals surface area contributed by atoms with Crippen LogP contribution < -0.4 is 4.74 Å². The lowest BCUT2D eigenvalue weighted by Crippen LogP contribution is -2.55. The Morgan fingerprint density at radius 2 is 1.75 bits per heavy atom. The van der Waals surface area contributed by atoms with E-state index in [9.17, 15) is 0 Å². The number of nitrogens with zero attached hydrogens (tertiary/aromatic N) is 4. The summed E-state index contributed by atoms with van der Waals surface area (Å²) in [6.45, 7) is 0.759. The van der Waals surface area contributed by atoms with Gasteiger partial charge in [-0.05, 0) is 87.2 Å². The highest BCUT2D eigenvalue weighted by Crippen LogP contribution is 2.55. The molecule has 0 radical (unpaired) electrons. The van der Waals surface area contributed by atoms with Crippen molar-refractivity contribution >= 4 is 12.2 Å². The molecule has 0 unspecified atom stereocenters. The molecule has 0 aliphatic heterocycles. The van der Waals surface area contributed by atoms with Crippen molar-refractivity contribution < 1.29 is 4.74 Å². The van der Waals surface area contributed by atoms with E-state index in [1.807, 2.05) is 40.6 Å². The SMILES string of the molecule is COc1ccccc1-c1nn(CN(C)C2C3CC4CC(C3)CC2C4)c(=S)n1C. The van der Waals surface area contributed by atoms with Crippen LogP contribution in [0.3, 0.4) is 0 Å². The summed E-state index contributed by atoms with van der Waals surface area (Å²) >= 11 is 5.74. The first-order chi connectivity index (χ1) is 13.5. The second-order valence-corrected chi connectivity index (χ2v) is 9.55. The fourth-order valence-electron chi connectivity index (χ4n) is 6.57. The van der Waals surface area contributed by atoms with E-state index in [4.69, 9.17) is 22.1 Å². The van der Waals surface area contributed by atoms with Crippen molar-refractivity contribution in [2.75, 3.05) is 14.2 Å². The average molecular weight is 399 g/mol. The highest BCUT2D eigenvalue weighted by atomic mass is 32.1. The van der Waals surface area contributed by atoms with E-state index >= 15 is 0 Å². The van der Waals surface area contributed by atoms with E-state index in [0.29, 0.717) is 6.04 Å². The van der Waals surface area contributed by atoms with Crippen LogP contribution in [0, 0.1) is 28.4 Å². The molecule has 0 saturated heterocycles. The summed E-state index contributed by atoms with van der Waals surface area (Å²) in [7, 11) is 5.97. The third kappa shape index (κ3) is 2.92. The molecule has 150 valence electrons. The van der Waals surface area contributed by atoms with Crippen LogP contribution in [0.2, 0.25) is 0 Å². The van der Waals surface area contributed by atoms with E-state index in [-0.39, 0.29) is 0 Å². The van der Waals surface area contributed by atoms with Crippen molar-refractivity contribution in [3.63, 3.8) is 0 Å². The number of hydrogen-bond donors (Lipinski definition) is 0. The molecule has 0 amide bonds. The molecule has 6 heteroatoms. The highest BCUT2D eigenvalue weighted by molar-refractivity contribution is 7.71. The van der Waals surface area contributed by atoms with Crippen LogP contribution in [0.25, 0.3) is 11.4 Å². The third-order valence-corrected chi connectivity index (χ3v) is 7.92. The minimum Gasteiger partial charge on any atom is -0.496 e. The lowest BCUT2D eigenvalue weighted by molar-refractivity contribution is -0.0669. The van der Waals surface area contributed by atoms with Gasteiger partial charge >= 0.3 is 0 Å². The lowest BCUT2D eigenvalue weighted by atomic mass is 9.54. The summed E-state index contributed by atoms with van der Waals surface area (Å²) in [4.78, 5) is 2.53. The van der Waals surface area contributed by atoms with Gasteiger partial charge in [-0.15, -0.1) is 0 Å². The van der Waals surface area contributed by atoms with E-state index in [1.165, 1.54) is 32.1 Å². The number of benzene rings is 1. The Hall–Kier alpha value is -1.66. The lowest BCUT2D eigenvalue weighted by Gasteiger charge is -2.56. The first-order valence-electron chi connectivity index (χ1n) is 10.5. The number of hydrogen-bond acceptors (Lipinski definition) is 4. The van der Waals surface area contributed by atoms with Crippen LogP contribution in [-0.2, 0) is 13.7 Å². The Kier molecular flexibility index (Phi) is 4.59. The van der Waals surface area contributed by atoms with E-state index in [2.05, 4.69) is 11.9 Å². The van der Waals surface area contributed by atoms with Crippen molar-refractivity contribution in [3.05, 3.63) is 29.0 Å². The molecule has 0 spiro atoms. The molecule has 4 bridgehead atoms. The Morgan fingerprint density at radius 1 is 1.11 bits per heavy atom. The zero-order valence-corrected chi connectivity index (χ0v) is 17.9. The van der Waals surface area contributed by atoms with Crippen molar-refractivity contribution in [2.24, 2.45) is 30.7 Å². The molecule has 28 heavy (non-hydrogen) atoms. The van der Waals surface area contributed by atoms with Crippen LogP contribution in [0.4, 0.5) is 0 Å². The molecule has 0 N–H and O–H groups in total. The Balaban J connectivity index is 1.41. The molecule has 4 aliphatic rings. The van der Waals surface area contributed by atoms with Gasteiger partial charge in [-0.3, -0.25) is 4.90 Å². The van der Waals surface area contributed by atoms with Gasteiger partial charge in [0.1, 0.15) is 5.75 Å². The first-order valence-corrected chi connectivity index (χ1v) is 10.9. The van der Waals surface area contributed by atoms with Crippen molar-refractivity contribution in [1.29, 1.82) is 0 Å². The summed E-state index contributed by atoms with van der Waals surface area (Å²) in [5.74, 6) is 5.43. The largest absolute Gasteiger partial charge is 0.496 e. The van der Waals surface area contributed by atoms with Gasteiger partial charge in [0.25, 0.3) is 0 Å². The molecule has 2 aromatic rings. The van der Waals surface area contributed by atoms with Gasteiger partial charge in [0.15, 0.2) is 10.6 Å². The van der Waals surface area contributed by atoms with Crippen LogP contribution in [0.5, 0.6) is 5.75 Å². The maximum Gasteiger partial charge on any atom is 0.199 e. The topological polar surface area (TPSA) is 35.2 Å². The van der Waals surface area contributed by atoms with Gasteiger partial charge in [0.2, 0.25) is 0 Å². The quantitative estimate of drug-likeness (QED) is 0.702. The van der Waals surface area contributed by atoms with Gasteiger partial charge in [-0.2, -0.15) is 5.10 Å². The summed E-state index contributed by atoms with van der Waals surface area (Å²) in [5, 5.41) is 4.89. The summed E-state index contributed by atoms with van der Waals surface area (Å²) in [6, 6.07) is 8.69. The second-order valence-electron chi connectivity index (χ2n) is 9.18. The Bertz CT molecular complexity index is 905. The van der Waals surface area contributed by atoms with Gasteiger partial charge in [0.05, 0.1) is 19.3 Å². The molecular weight excluding hydrogens is 368 g/mol. The fraction of sp³-hybridized carbons (Fsp3) is 0.636. The van der Waals surface area contributed by atoms with Gasteiger partial charge < -0.3 is 9.30 Å². The number of aromatic nitrogens is 3. The predicted octanol–water partition coefficient (Wildman–Crippen LogP) is 4.34. The highest BCUT2D eigenvalue weighted by Gasteiger charge is 2.49. The number of para-hydroxylation sites is 1. The van der Waals surface area contributed by atoms with E-state index in [0.717, 1.165) is 52.2 Å². The van der Waals surface area contributed by atoms with Gasteiger partial charge in [-0.1, -0.05) is 12.1 Å². The van der Waals surface area contributed by atoms with Crippen molar-refractivity contribution in [3.8, 4) is 17.1 Å². The number of methoxy groups -OCH3 is 1.